The van der Waals surface area contributed by atoms with E-state index in [1.165, 1.54) is 88.1 Å². The summed E-state index contributed by atoms with van der Waals surface area (Å²) in [6.07, 6.45) is 0. The number of rotatable bonds is 5. The zero-order valence-electron chi connectivity index (χ0n) is 32.3. The van der Waals surface area contributed by atoms with Crippen LogP contribution in [-0.4, -0.2) is 11.8 Å². The fourth-order valence-electron chi connectivity index (χ4n) is 9.65. The van der Waals surface area contributed by atoms with Gasteiger partial charge in [0.15, 0.2) is 7.28 Å². The molecular weight excluding hydrogens is 703 g/mol. The van der Waals surface area contributed by atoms with Gasteiger partial charge in [-0.1, -0.05) is 150 Å². The third-order valence-corrected chi connectivity index (χ3v) is 12.3. The van der Waals surface area contributed by atoms with Crippen LogP contribution in [0.1, 0.15) is 11.1 Å². The molecule has 0 aliphatic carbocycles. The molecule has 11 aromatic rings. The van der Waals surface area contributed by atoms with Gasteiger partial charge in [-0.25, -0.2) is 0 Å². The van der Waals surface area contributed by atoms with Crippen molar-refractivity contribution in [1.82, 2.24) is 4.57 Å². The molecule has 3 heterocycles. The van der Waals surface area contributed by atoms with E-state index in [1.54, 1.807) is 0 Å². The van der Waals surface area contributed by atoms with E-state index in [0.29, 0.717) is 0 Å². The van der Waals surface area contributed by atoms with Gasteiger partial charge in [0.2, 0.25) is 0 Å². The van der Waals surface area contributed by atoms with Crippen LogP contribution in [0.25, 0.3) is 93.6 Å². The first-order valence-corrected chi connectivity index (χ1v) is 20.1. The maximum atomic E-state index is 6.55. The van der Waals surface area contributed by atoms with Crippen LogP contribution in [0.15, 0.2) is 180 Å². The van der Waals surface area contributed by atoms with E-state index in [4.69, 9.17) is 4.42 Å². The highest BCUT2D eigenvalue weighted by molar-refractivity contribution is 6.73. The van der Waals surface area contributed by atoms with Crippen molar-refractivity contribution < 1.29 is 4.42 Å². The van der Waals surface area contributed by atoms with E-state index in [2.05, 4.69) is 194 Å². The Hall–Kier alpha value is -7.30. The number of para-hydroxylation sites is 1. The minimum absolute atomic E-state index is 0.811. The van der Waals surface area contributed by atoms with Crippen molar-refractivity contribution in [2.45, 2.75) is 13.8 Å². The van der Waals surface area contributed by atoms with Crippen LogP contribution in [0.3, 0.4) is 0 Å². The quantitative estimate of drug-likeness (QED) is 0.178. The Morgan fingerprint density at radius 2 is 1.22 bits per heavy atom. The molecule has 0 amide bonds. The van der Waals surface area contributed by atoms with E-state index < -0.39 is 0 Å². The molecule has 0 radical (unpaired) electrons. The molecule has 0 saturated heterocycles. The van der Waals surface area contributed by atoms with Gasteiger partial charge in [0.1, 0.15) is 11.2 Å². The van der Waals surface area contributed by atoms with Crippen molar-refractivity contribution in [2.24, 2.45) is 0 Å². The number of benzene rings is 9. The standard InChI is InChI=1S/C54H37BN2O/c1-32-20-24-36(25-21-32)56-47-31-50-43(40-18-10-11-19-49(40)58-50)29-42(47)45-30-44(39-17-9-8-15-37(39)34-12-4-3-5-13-34)51-41-26-23-35-14-6-7-16-38(35)53(41)57-48-27-22-33(2)28-46(48)55-52(45)54(51)57/h3-31,55-56H,1-2H3. The van der Waals surface area contributed by atoms with Crippen LogP contribution in [0.4, 0.5) is 11.4 Å². The first-order chi connectivity index (χ1) is 28.6. The third kappa shape index (κ3) is 4.95. The zero-order chi connectivity index (χ0) is 38.5. The number of furan rings is 1. The van der Waals surface area contributed by atoms with Gasteiger partial charge in [0.25, 0.3) is 0 Å². The minimum Gasteiger partial charge on any atom is -0.456 e. The Labute approximate surface area is 337 Å². The number of hydrogen-bond donors (Lipinski definition) is 1. The van der Waals surface area contributed by atoms with Gasteiger partial charge in [-0.15, -0.1) is 0 Å². The Bertz CT molecular complexity index is 3470. The van der Waals surface area contributed by atoms with Crippen LogP contribution in [-0.2, 0) is 0 Å². The topological polar surface area (TPSA) is 30.1 Å². The van der Waals surface area contributed by atoms with Gasteiger partial charge >= 0.3 is 0 Å². The lowest BCUT2D eigenvalue weighted by Crippen LogP contribution is -2.37. The van der Waals surface area contributed by atoms with Crippen molar-refractivity contribution in [3.05, 3.63) is 187 Å². The predicted octanol–water partition coefficient (Wildman–Crippen LogP) is 12.9. The summed E-state index contributed by atoms with van der Waals surface area (Å²) < 4.78 is 9.15. The lowest BCUT2D eigenvalue weighted by atomic mass is 9.58. The van der Waals surface area contributed by atoms with Crippen molar-refractivity contribution in [3.63, 3.8) is 0 Å². The maximum absolute atomic E-state index is 6.55. The highest BCUT2D eigenvalue weighted by Crippen LogP contribution is 2.47. The van der Waals surface area contributed by atoms with Crippen LogP contribution < -0.4 is 16.2 Å². The second-order valence-electron chi connectivity index (χ2n) is 15.9. The predicted molar refractivity (Wildman–Crippen MR) is 247 cm³/mol. The summed E-state index contributed by atoms with van der Waals surface area (Å²) in [5.74, 6) is 0. The summed E-state index contributed by atoms with van der Waals surface area (Å²) in [6.45, 7) is 4.34. The molecule has 9 aromatic carbocycles. The maximum Gasteiger partial charge on any atom is 0.198 e. The Morgan fingerprint density at radius 3 is 2.09 bits per heavy atom. The molecule has 58 heavy (non-hydrogen) atoms. The third-order valence-electron chi connectivity index (χ3n) is 12.3. The van der Waals surface area contributed by atoms with E-state index in [-0.39, 0.29) is 0 Å². The Morgan fingerprint density at radius 1 is 0.483 bits per heavy atom. The molecule has 272 valence electrons. The van der Waals surface area contributed by atoms with Gasteiger partial charge in [0, 0.05) is 55.5 Å². The second kappa shape index (κ2) is 12.6. The summed E-state index contributed by atoms with van der Waals surface area (Å²) in [7, 11) is 0.811. The molecule has 1 aliphatic heterocycles. The number of nitrogens with zero attached hydrogens (tertiary/aromatic N) is 1. The van der Waals surface area contributed by atoms with E-state index in [1.807, 2.05) is 6.07 Å². The normalized spacial score (nSPS) is 12.1. The largest absolute Gasteiger partial charge is 0.456 e. The summed E-state index contributed by atoms with van der Waals surface area (Å²) >= 11 is 0. The van der Waals surface area contributed by atoms with Crippen molar-refractivity contribution >= 4 is 84.1 Å². The lowest BCUT2D eigenvalue weighted by Gasteiger charge is -2.26. The second-order valence-corrected chi connectivity index (χ2v) is 15.9. The molecule has 1 N–H and O–H groups in total. The summed E-state index contributed by atoms with van der Waals surface area (Å²) in [6, 6.07) is 64.4. The van der Waals surface area contributed by atoms with Gasteiger partial charge in [-0.2, -0.15) is 0 Å². The molecule has 12 rings (SSSR count). The van der Waals surface area contributed by atoms with Gasteiger partial charge in [-0.3, -0.25) is 0 Å². The molecule has 3 nitrogen and oxygen atoms in total. The number of hydrogen-bond acceptors (Lipinski definition) is 2. The highest BCUT2D eigenvalue weighted by atomic mass is 16.3. The molecule has 2 aromatic heterocycles. The number of fused-ring (bicyclic) bond motifs is 10. The number of aromatic nitrogens is 1. The molecule has 0 fully saturated rings. The SMILES string of the molecule is Cc1ccc(Nc2cc3oc4ccccc4c3cc2-c2cc(-c3ccccc3-c3ccccc3)c3c4ccc5ccccc5c4n4c3c2Bc2cc(C)ccc2-4)cc1. The van der Waals surface area contributed by atoms with Crippen molar-refractivity contribution in [2.75, 3.05) is 5.32 Å². The van der Waals surface area contributed by atoms with Crippen LogP contribution in [0, 0.1) is 13.8 Å². The van der Waals surface area contributed by atoms with Gasteiger partial charge in [0.05, 0.1) is 11.2 Å². The number of aryl methyl sites for hydroxylation is 2. The summed E-state index contributed by atoms with van der Waals surface area (Å²) in [5, 5.41) is 11.2. The molecule has 0 spiro atoms. The molecule has 4 heteroatoms. The molecular formula is C54H37BN2O. The smallest absolute Gasteiger partial charge is 0.198 e. The molecule has 0 unspecified atom stereocenters. The Kier molecular flexibility index (Phi) is 7.15. The fourth-order valence-corrected chi connectivity index (χ4v) is 9.65. The van der Waals surface area contributed by atoms with E-state index >= 15 is 0 Å². The van der Waals surface area contributed by atoms with E-state index in [9.17, 15) is 0 Å². The summed E-state index contributed by atoms with van der Waals surface area (Å²) in [4.78, 5) is 0. The minimum atomic E-state index is 0.811. The first-order valence-electron chi connectivity index (χ1n) is 20.1. The summed E-state index contributed by atoms with van der Waals surface area (Å²) in [5.41, 5.74) is 20.0. The van der Waals surface area contributed by atoms with Crippen LogP contribution in [0.5, 0.6) is 0 Å². The number of anilines is 2. The van der Waals surface area contributed by atoms with Gasteiger partial charge < -0.3 is 14.3 Å². The monoisotopic (exact) mass is 740 g/mol. The molecule has 0 saturated carbocycles. The zero-order valence-corrected chi connectivity index (χ0v) is 32.3. The molecule has 0 atom stereocenters. The highest BCUT2D eigenvalue weighted by Gasteiger charge is 2.30. The van der Waals surface area contributed by atoms with E-state index in [0.717, 1.165) is 46.2 Å². The number of nitrogens with one attached hydrogen (secondary N) is 1. The van der Waals surface area contributed by atoms with Crippen molar-refractivity contribution in [1.29, 1.82) is 0 Å². The Balaban J connectivity index is 1.28. The van der Waals surface area contributed by atoms with Crippen LogP contribution >= 0.6 is 0 Å². The average molecular weight is 741 g/mol. The first kappa shape index (κ1) is 32.9. The molecule has 1 aliphatic rings. The average Bonchev–Trinajstić information content (AvgIpc) is 3.81. The van der Waals surface area contributed by atoms with Crippen molar-refractivity contribution in [3.8, 4) is 39.1 Å². The lowest BCUT2D eigenvalue weighted by molar-refractivity contribution is 0.669. The van der Waals surface area contributed by atoms with Crippen LogP contribution in [0.2, 0.25) is 0 Å². The van der Waals surface area contributed by atoms with Gasteiger partial charge in [-0.05, 0) is 88.9 Å². The molecule has 0 bridgehead atoms. The fraction of sp³-hybridized carbons (Fsp3) is 0.0370.